The lowest BCUT2D eigenvalue weighted by atomic mass is 9.97. The van der Waals surface area contributed by atoms with Gasteiger partial charge in [-0.05, 0) is 24.6 Å². The van der Waals surface area contributed by atoms with Crippen molar-refractivity contribution in [3.05, 3.63) is 70.0 Å². The molecular weight excluding hydrogens is 324 g/mol. The number of benzene rings is 1. The Labute approximate surface area is 143 Å². The molecule has 25 heavy (non-hydrogen) atoms. The Morgan fingerprint density at radius 1 is 1.36 bits per heavy atom. The van der Waals surface area contributed by atoms with Crippen molar-refractivity contribution in [2.45, 2.75) is 25.5 Å². The summed E-state index contributed by atoms with van der Waals surface area (Å²) in [6, 6.07) is 8.59. The molecule has 0 bridgehead atoms. The fourth-order valence-corrected chi connectivity index (χ4v) is 2.75. The van der Waals surface area contributed by atoms with Gasteiger partial charge < -0.3 is 5.11 Å². The zero-order chi connectivity index (χ0) is 18.0. The van der Waals surface area contributed by atoms with E-state index in [1.165, 1.54) is 36.7 Å². The third-order valence-electron chi connectivity index (χ3n) is 4.09. The van der Waals surface area contributed by atoms with Gasteiger partial charge >= 0.3 is 0 Å². The molecule has 0 fully saturated rings. The summed E-state index contributed by atoms with van der Waals surface area (Å²) in [7, 11) is 0. The molecule has 0 radical (unpaired) electrons. The van der Waals surface area contributed by atoms with Crippen LogP contribution in [0.4, 0.5) is 5.69 Å². The van der Waals surface area contributed by atoms with E-state index in [4.69, 9.17) is 0 Å². The lowest BCUT2D eigenvalue weighted by Crippen LogP contribution is -2.43. The standard InChI is InChI=1S/C17H16N4O4/c1-2-14-11-17(23,13-6-8-18-9-7-13)20(19-14)16(22)12-4-3-5-15(10-12)21(24)25/h3-10,23H,2,11H2,1H3/t17-/m1/s1. The van der Waals surface area contributed by atoms with Crippen LogP contribution in [-0.2, 0) is 5.72 Å². The summed E-state index contributed by atoms with van der Waals surface area (Å²) in [5.41, 5.74) is -0.609. The minimum absolute atomic E-state index is 0.0859. The lowest BCUT2D eigenvalue weighted by molar-refractivity contribution is -0.384. The molecule has 1 aromatic heterocycles. The number of rotatable bonds is 4. The van der Waals surface area contributed by atoms with Crippen molar-refractivity contribution < 1.29 is 14.8 Å². The fourth-order valence-electron chi connectivity index (χ4n) is 2.75. The second-order valence-corrected chi connectivity index (χ2v) is 5.67. The number of hydrogen-bond donors (Lipinski definition) is 1. The fraction of sp³-hybridized carbons (Fsp3) is 0.235. The Hall–Kier alpha value is -3.13. The highest BCUT2D eigenvalue weighted by Crippen LogP contribution is 2.37. The van der Waals surface area contributed by atoms with Gasteiger partial charge in [-0.2, -0.15) is 10.1 Å². The van der Waals surface area contributed by atoms with Crippen LogP contribution in [0.2, 0.25) is 0 Å². The third-order valence-corrected chi connectivity index (χ3v) is 4.09. The van der Waals surface area contributed by atoms with Crippen LogP contribution in [0.5, 0.6) is 0 Å². The third kappa shape index (κ3) is 2.99. The summed E-state index contributed by atoms with van der Waals surface area (Å²) in [5, 5.41) is 27.4. The van der Waals surface area contributed by atoms with Gasteiger partial charge in [-0.15, -0.1) is 0 Å². The summed E-state index contributed by atoms with van der Waals surface area (Å²) in [6.07, 6.45) is 3.79. The molecule has 1 atom stereocenters. The molecule has 0 unspecified atom stereocenters. The van der Waals surface area contributed by atoms with E-state index in [9.17, 15) is 20.0 Å². The van der Waals surface area contributed by atoms with Gasteiger partial charge in [0.25, 0.3) is 11.6 Å². The van der Waals surface area contributed by atoms with E-state index in [-0.39, 0.29) is 17.7 Å². The highest BCUT2D eigenvalue weighted by molar-refractivity contribution is 5.98. The first-order valence-electron chi connectivity index (χ1n) is 7.74. The molecule has 1 aliphatic rings. The molecule has 0 saturated heterocycles. The second-order valence-electron chi connectivity index (χ2n) is 5.67. The maximum atomic E-state index is 12.9. The van der Waals surface area contributed by atoms with Crippen LogP contribution in [0.25, 0.3) is 0 Å². The second kappa shape index (κ2) is 6.40. The molecule has 3 rings (SSSR count). The topological polar surface area (TPSA) is 109 Å². The number of carbonyl (C=O) groups excluding carboxylic acids is 1. The van der Waals surface area contributed by atoms with Gasteiger partial charge in [0.15, 0.2) is 5.72 Å². The first kappa shape index (κ1) is 16.7. The number of non-ortho nitro benzene ring substituents is 1. The Morgan fingerprint density at radius 2 is 2.08 bits per heavy atom. The van der Waals surface area contributed by atoms with Gasteiger partial charge in [-0.25, -0.2) is 0 Å². The van der Waals surface area contributed by atoms with E-state index < -0.39 is 16.6 Å². The van der Waals surface area contributed by atoms with E-state index in [2.05, 4.69) is 10.1 Å². The summed E-state index contributed by atoms with van der Waals surface area (Å²) in [4.78, 5) is 27.2. The number of nitrogens with zero attached hydrogens (tertiary/aromatic N) is 4. The number of nitro benzene ring substituents is 1. The summed E-state index contributed by atoms with van der Waals surface area (Å²) >= 11 is 0. The van der Waals surface area contributed by atoms with Gasteiger partial charge in [-0.1, -0.05) is 13.0 Å². The van der Waals surface area contributed by atoms with Gasteiger partial charge in [0.2, 0.25) is 0 Å². The maximum Gasteiger partial charge on any atom is 0.277 e. The number of amides is 1. The molecule has 8 heteroatoms. The number of aliphatic hydroxyl groups is 1. The van der Waals surface area contributed by atoms with Crippen molar-refractivity contribution in [2.75, 3.05) is 0 Å². The predicted molar refractivity (Wildman–Crippen MR) is 89.7 cm³/mol. The van der Waals surface area contributed by atoms with Crippen molar-refractivity contribution in [3.8, 4) is 0 Å². The van der Waals surface area contributed by atoms with Crippen molar-refractivity contribution in [1.82, 2.24) is 9.99 Å². The number of hydrazone groups is 1. The van der Waals surface area contributed by atoms with Crippen LogP contribution in [0.1, 0.15) is 35.7 Å². The van der Waals surface area contributed by atoms with Crippen LogP contribution in [0.15, 0.2) is 53.9 Å². The zero-order valence-corrected chi connectivity index (χ0v) is 13.5. The van der Waals surface area contributed by atoms with Gasteiger partial charge in [0, 0.05) is 47.8 Å². The normalized spacial score (nSPS) is 19.6. The number of aromatic nitrogens is 1. The Morgan fingerprint density at radius 3 is 2.72 bits per heavy atom. The largest absolute Gasteiger partial charge is 0.365 e. The summed E-state index contributed by atoms with van der Waals surface area (Å²) in [6.45, 7) is 1.88. The quantitative estimate of drug-likeness (QED) is 0.679. The first-order valence-corrected chi connectivity index (χ1v) is 7.74. The number of pyridine rings is 1. The molecule has 1 aliphatic heterocycles. The molecule has 8 nitrogen and oxygen atoms in total. The van der Waals surface area contributed by atoms with Crippen LogP contribution in [-0.4, -0.2) is 31.6 Å². The molecule has 2 aromatic rings. The average molecular weight is 340 g/mol. The molecule has 0 spiro atoms. The van der Waals surface area contributed by atoms with Crippen LogP contribution in [0.3, 0.4) is 0 Å². The number of carbonyl (C=O) groups is 1. The molecule has 2 heterocycles. The maximum absolute atomic E-state index is 12.9. The minimum Gasteiger partial charge on any atom is -0.365 e. The highest BCUT2D eigenvalue weighted by atomic mass is 16.6. The monoisotopic (exact) mass is 340 g/mol. The van der Waals surface area contributed by atoms with E-state index in [1.54, 1.807) is 12.1 Å². The predicted octanol–water partition coefficient (Wildman–Crippen LogP) is 2.45. The van der Waals surface area contributed by atoms with Crippen LogP contribution in [0, 0.1) is 10.1 Å². The van der Waals surface area contributed by atoms with E-state index >= 15 is 0 Å². The number of nitro groups is 1. The van der Waals surface area contributed by atoms with E-state index in [1.807, 2.05) is 6.92 Å². The molecule has 1 aromatic carbocycles. The Bertz CT molecular complexity index is 853. The molecule has 0 saturated carbocycles. The molecule has 0 aliphatic carbocycles. The lowest BCUT2D eigenvalue weighted by Gasteiger charge is -2.31. The van der Waals surface area contributed by atoms with Crippen molar-refractivity contribution in [1.29, 1.82) is 0 Å². The summed E-state index contributed by atoms with van der Waals surface area (Å²) < 4.78 is 0. The zero-order valence-electron chi connectivity index (χ0n) is 13.5. The van der Waals surface area contributed by atoms with Gasteiger partial charge in [0.05, 0.1) is 4.92 Å². The Kier molecular flexibility index (Phi) is 4.28. The Balaban J connectivity index is 2.03. The van der Waals surface area contributed by atoms with E-state index in [0.717, 1.165) is 5.01 Å². The smallest absolute Gasteiger partial charge is 0.277 e. The number of hydrogen-bond acceptors (Lipinski definition) is 6. The van der Waals surface area contributed by atoms with E-state index in [0.29, 0.717) is 17.7 Å². The highest BCUT2D eigenvalue weighted by Gasteiger charge is 2.45. The average Bonchev–Trinajstić information content (AvgIpc) is 3.00. The summed E-state index contributed by atoms with van der Waals surface area (Å²) in [5.74, 6) is -0.605. The van der Waals surface area contributed by atoms with Crippen molar-refractivity contribution in [3.63, 3.8) is 0 Å². The molecule has 1 N–H and O–H groups in total. The van der Waals surface area contributed by atoms with Gasteiger partial charge in [0.1, 0.15) is 0 Å². The van der Waals surface area contributed by atoms with Crippen molar-refractivity contribution in [2.24, 2.45) is 5.10 Å². The molecule has 128 valence electrons. The molecule has 1 amide bonds. The van der Waals surface area contributed by atoms with Crippen molar-refractivity contribution >= 4 is 17.3 Å². The minimum atomic E-state index is -1.64. The van der Waals surface area contributed by atoms with Crippen LogP contribution < -0.4 is 0 Å². The van der Waals surface area contributed by atoms with Gasteiger partial charge in [-0.3, -0.25) is 19.9 Å². The van der Waals surface area contributed by atoms with Crippen LogP contribution >= 0.6 is 0 Å². The molecular formula is C17H16N4O4. The first-order chi connectivity index (χ1) is 12.0. The SMILES string of the molecule is CCC1=NN(C(=O)c2cccc([N+](=O)[O-])c2)[C@](O)(c2ccncc2)C1.